The summed E-state index contributed by atoms with van der Waals surface area (Å²) in [6.07, 6.45) is 4.55. The van der Waals surface area contributed by atoms with Crippen LogP contribution >= 0.6 is 0 Å². The Morgan fingerprint density at radius 3 is 2.89 bits per heavy atom. The summed E-state index contributed by atoms with van der Waals surface area (Å²) in [5.41, 5.74) is 6.43. The lowest BCUT2D eigenvalue weighted by Crippen LogP contribution is -2.26. The van der Waals surface area contributed by atoms with Gasteiger partial charge in [-0.15, -0.1) is 0 Å². The first kappa shape index (κ1) is 12.7. The molecule has 2 rings (SSSR count). The molecule has 98 valence electrons. The van der Waals surface area contributed by atoms with Crippen LogP contribution in [-0.4, -0.2) is 11.0 Å². The van der Waals surface area contributed by atoms with Crippen molar-refractivity contribution >= 4 is 17.1 Å². The molecule has 1 aromatic carbocycles. The topological polar surface area (TPSA) is 81.2 Å². The van der Waals surface area contributed by atoms with Crippen molar-refractivity contribution in [3.05, 3.63) is 28.3 Å². The maximum atomic E-state index is 11.0. The van der Waals surface area contributed by atoms with Crippen LogP contribution in [0, 0.1) is 16.0 Å². The Bertz CT molecular complexity index is 448. The normalized spacial score (nSPS) is 23.6. The summed E-state index contributed by atoms with van der Waals surface area (Å²) in [7, 11) is 0. The van der Waals surface area contributed by atoms with Crippen LogP contribution in [0.5, 0.6) is 0 Å². The molecule has 2 unspecified atom stereocenters. The zero-order valence-corrected chi connectivity index (χ0v) is 10.6. The van der Waals surface area contributed by atoms with Gasteiger partial charge in [-0.25, -0.2) is 0 Å². The zero-order chi connectivity index (χ0) is 13.1. The van der Waals surface area contributed by atoms with Gasteiger partial charge in [-0.05, 0) is 30.9 Å². The molecule has 1 aliphatic carbocycles. The fourth-order valence-electron chi connectivity index (χ4n) is 2.67. The quantitative estimate of drug-likeness (QED) is 0.489. The van der Waals surface area contributed by atoms with Gasteiger partial charge in [-0.2, -0.15) is 0 Å². The molecule has 0 spiro atoms. The van der Waals surface area contributed by atoms with E-state index in [1.54, 1.807) is 18.2 Å². The molecule has 1 saturated carbocycles. The average molecular weight is 249 g/mol. The summed E-state index contributed by atoms with van der Waals surface area (Å²) in [5, 5.41) is 14.3. The molecule has 18 heavy (non-hydrogen) atoms. The summed E-state index contributed by atoms with van der Waals surface area (Å²) in [6.45, 7) is 2.22. The molecular weight excluding hydrogens is 230 g/mol. The number of rotatable bonds is 3. The number of nitro benzene ring substituents is 1. The Morgan fingerprint density at radius 1 is 1.44 bits per heavy atom. The molecule has 5 nitrogen and oxygen atoms in total. The third kappa shape index (κ3) is 2.72. The predicted molar refractivity (Wildman–Crippen MR) is 72.6 cm³/mol. The minimum absolute atomic E-state index is 0.00396. The molecule has 3 N–H and O–H groups in total. The minimum atomic E-state index is -0.413. The number of nitrogens with zero attached hydrogens (tertiary/aromatic N) is 1. The standard InChI is InChI=1S/C13H19N3O2/c1-9-4-2-5-10(8-9)15-12-7-3-6-11(14)13(12)16(17)18/h3,6-7,9-10,15H,2,4-5,8,14H2,1H3. The number of benzene rings is 1. The summed E-state index contributed by atoms with van der Waals surface area (Å²) < 4.78 is 0. The molecule has 0 aromatic heterocycles. The van der Waals surface area contributed by atoms with E-state index in [1.807, 2.05) is 0 Å². The molecule has 0 amide bonds. The Labute approximate surface area is 107 Å². The molecule has 0 bridgehead atoms. The molecule has 0 saturated heterocycles. The molecule has 0 heterocycles. The lowest BCUT2D eigenvalue weighted by molar-refractivity contribution is -0.383. The highest BCUT2D eigenvalue weighted by molar-refractivity contribution is 5.74. The number of para-hydroxylation sites is 1. The number of hydrogen-bond donors (Lipinski definition) is 2. The van der Waals surface area contributed by atoms with Gasteiger partial charge in [0.05, 0.1) is 4.92 Å². The van der Waals surface area contributed by atoms with E-state index in [1.165, 1.54) is 12.8 Å². The highest BCUT2D eigenvalue weighted by Crippen LogP contribution is 2.33. The third-order valence-electron chi connectivity index (χ3n) is 3.55. The average Bonchev–Trinajstić information content (AvgIpc) is 2.28. The zero-order valence-electron chi connectivity index (χ0n) is 10.6. The van der Waals surface area contributed by atoms with Crippen molar-refractivity contribution in [2.24, 2.45) is 5.92 Å². The monoisotopic (exact) mass is 249 g/mol. The van der Waals surface area contributed by atoms with Gasteiger partial charge in [-0.1, -0.05) is 25.8 Å². The van der Waals surface area contributed by atoms with Crippen LogP contribution in [0.15, 0.2) is 18.2 Å². The highest BCUT2D eigenvalue weighted by atomic mass is 16.6. The highest BCUT2D eigenvalue weighted by Gasteiger charge is 2.23. The van der Waals surface area contributed by atoms with Gasteiger partial charge in [0.2, 0.25) is 0 Å². The second-order valence-corrected chi connectivity index (χ2v) is 5.11. The Morgan fingerprint density at radius 2 is 2.22 bits per heavy atom. The second-order valence-electron chi connectivity index (χ2n) is 5.11. The van der Waals surface area contributed by atoms with Crippen molar-refractivity contribution < 1.29 is 4.92 Å². The van der Waals surface area contributed by atoms with Crippen LogP contribution in [0.4, 0.5) is 17.1 Å². The first-order valence-electron chi connectivity index (χ1n) is 6.37. The number of nitrogens with two attached hydrogens (primary N) is 1. The van der Waals surface area contributed by atoms with Gasteiger partial charge in [0.1, 0.15) is 11.4 Å². The molecule has 0 radical (unpaired) electrons. The van der Waals surface area contributed by atoms with E-state index in [2.05, 4.69) is 12.2 Å². The second kappa shape index (κ2) is 5.25. The van der Waals surface area contributed by atoms with E-state index in [0.29, 0.717) is 17.6 Å². The molecule has 0 aliphatic heterocycles. The number of anilines is 2. The van der Waals surface area contributed by atoms with Gasteiger partial charge in [0.15, 0.2) is 0 Å². The number of nitrogens with one attached hydrogen (secondary N) is 1. The van der Waals surface area contributed by atoms with Crippen molar-refractivity contribution in [2.45, 2.75) is 38.6 Å². The Hall–Kier alpha value is -1.78. The summed E-state index contributed by atoms with van der Waals surface area (Å²) in [6, 6.07) is 5.35. The first-order chi connectivity index (χ1) is 8.58. The van der Waals surface area contributed by atoms with Gasteiger partial charge in [0, 0.05) is 6.04 Å². The first-order valence-corrected chi connectivity index (χ1v) is 6.37. The van der Waals surface area contributed by atoms with Crippen LogP contribution in [0.2, 0.25) is 0 Å². The fraction of sp³-hybridized carbons (Fsp3) is 0.538. The van der Waals surface area contributed by atoms with Crippen LogP contribution in [0.25, 0.3) is 0 Å². The van der Waals surface area contributed by atoms with E-state index < -0.39 is 4.92 Å². The lowest BCUT2D eigenvalue weighted by Gasteiger charge is -2.28. The van der Waals surface area contributed by atoms with Crippen molar-refractivity contribution in [3.8, 4) is 0 Å². The van der Waals surface area contributed by atoms with Crippen molar-refractivity contribution in [1.82, 2.24) is 0 Å². The number of nitro groups is 1. The smallest absolute Gasteiger partial charge is 0.314 e. The summed E-state index contributed by atoms with van der Waals surface area (Å²) >= 11 is 0. The molecule has 1 aromatic rings. The largest absolute Gasteiger partial charge is 0.393 e. The van der Waals surface area contributed by atoms with Crippen LogP contribution in [-0.2, 0) is 0 Å². The molecule has 1 fully saturated rings. The van der Waals surface area contributed by atoms with Gasteiger partial charge >= 0.3 is 5.69 Å². The van der Waals surface area contributed by atoms with E-state index >= 15 is 0 Å². The van der Waals surface area contributed by atoms with Gasteiger partial charge in [-0.3, -0.25) is 10.1 Å². The van der Waals surface area contributed by atoms with Crippen LogP contribution in [0.1, 0.15) is 32.6 Å². The Balaban J connectivity index is 2.18. The maximum Gasteiger partial charge on any atom is 0.314 e. The van der Waals surface area contributed by atoms with Gasteiger partial charge < -0.3 is 11.1 Å². The lowest BCUT2D eigenvalue weighted by atomic mass is 9.87. The number of nitrogen functional groups attached to an aromatic ring is 1. The molecule has 5 heteroatoms. The minimum Gasteiger partial charge on any atom is -0.393 e. The maximum absolute atomic E-state index is 11.0. The van der Waals surface area contributed by atoms with Gasteiger partial charge in [0.25, 0.3) is 0 Å². The summed E-state index contributed by atoms with van der Waals surface area (Å²) in [4.78, 5) is 10.6. The number of hydrogen-bond acceptors (Lipinski definition) is 4. The van der Waals surface area contributed by atoms with E-state index in [9.17, 15) is 10.1 Å². The third-order valence-corrected chi connectivity index (χ3v) is 3.55. The fourth-order valence-corrected chi connectivity index (χ4v) is 2.67. The van der Waals surface area contributed by atoms with Crippen molar-refractivity contribution in [3.63, 3.8) is 0 Å². The van der Waals surface area contributed by atoms with Crippen molar-refractivity contribution in [1.29, 1.82) is 0 Å². The van der Waals surface area contributed by atoms with E-state index in [-0.39, 0.29) is 11.4 Å². The SMILES string of the molecule is CC1CCCC(Nc2cccc(N)c2[N+](=O)[O-])C1. The predicted octanol–water partition coefficient (Wildman–Crippen LogP) is 3.17. The molecule has 2 atom stereocenters. The molecular formula is C13H19N3O2. The van der Waals surface area contributed by atoms with E-state index in [4.69, 9.17) is 5.73 Å². The van der Waals surface area contributed by atoms with Crippen molar-refractivity contribution in [2.75, 3.05) is 11.1 Å². The van der Waals surface area contributed by atoms with E-state index in [0.717, 1.165) is 12.8 Å². The van der Waals surface area contributed by atoms with Crippen LogP contribution in [0.3, 0.4) is 0 Å². The van der Waals surface area contributed by atoms with Crippen LogP contribution < -0.4 is 11.1 Å². The summed E-state index contributed by atoms with van der Waals surface area (Å²) in [5.74, 6) is 0.677. The molecule has 1 aliphatic rings. The Kier molecular flexibility index (Phi) is 3.69.